The van der Waals surface area contributed by atoms with Gasteiger partial charge in [0.15, 0.2) is 5.76 Å². The fourth-order valence-corrected chi connectivity index (χ4v) is 1.43. The minimum absolute atomic E-state index is 0.0539. The van der Waals surface area contributed by atoms with Crippen molar-refractivity contribution in [3.63, 3.8) is 0 Å². The summed E-state index contributed by atoms with van der Waals surface area (Å²) in [6.45, 7) is 0. The number of nitrogens with two attached hydrogens (primary N) is 1. The summed E-state index contributed by atoms with van der Waals surface area (Å²) in [6.07, 6.45) is -5.66. The zero-order valence-corrected chi connectivity index (χ0v) is 7.87. The minimum Gasteiger partial charge on any atom is -0.388 e. The quantitative estimate of drug-likeness (QED) is 0.847. The van der Waals surface area contributed by atoms with E-state index in [1.165, 1.54) is 0 Å². The highest BCUT2D eigenvalue weighted by atomic mass is 19.4. The van der Waals surface area contributed by atoms with E-state index in [0.717, 1.165) is 6.07 Å². The van der Waals surface area contributed by atoms with Gasteiger partial charge in [-0.1, -0.05) is 0 Å². The van der Waals surface area contributed by atoms with Crippen LogP contribution in [0.3, 0.4) is 0 Å². The number of rotatable bonds is 2. The molecule has 1 aliphatic rings. The molecular formula is C8H7F3N2O3. The topological polar surface area (TPSA) is 78.4 Å². The highest BCUT2D eigenvalue weighted by molar-refractivity contribution is 5.67. The Labute approximate surface area is 87.3 Å². The first kappa shape index (κ1) is 10.8. The van der Waals surface area contributed by atoms with E-state index < -0.39 is 17.7 Å². The van der Waals surface area contributed by atoms with Gasteiger partial charge >= 0.3 is 12.3 Å². The number of aromatic nitrogens is 1. The van der Waals surface area contributed by atoms with Gasteiger partial charge in [-0.3, -0.25) is 0 Å². The molecule has 8 heteroatoms. The predicted molar refractivity (Wildman–Crippen MR) is 43.7 cm³/mol. The second kappa shape index (κ2) is 3.13. The molecular weight excluding hydrogens is 229 g/mol. The van der Waals surface area contributed by atoms with E-state index >= 15 is 0 Å². The number of hydrogen-bond donors (Lipinski definition) is 1. The third kappa shape index (κ3) is 1.59. The lowest BCUT2D eigenvalue weighted by Crippen LogP contribution is -2.28. The van der Waals surface area contributed by atoms with Gasteiger partial charge in [0.2, 0.25) is 0 Å². The molecule has 0 spiro atoms. The maximum Gasteiger partial charge on any atom is 0.411 e. The monoisotopic (exact) mass is 236 g/mol. The molecule has 1 fully saturated rings. The number of halogens is 3. The van der Waals surface area contributed by atoms with Crippen LogP contribution in [0.5, 0.6) is 5.88 Å². The number of hydrogen-bond acceptors (Lipinski definition) is 4. The summed E-state index contributed by atoms with van der Waals surface area (Å²) in [5.74, 6) is -0.714. The number of primary amides is 1. The standard InChI is InChI=1S/C8H7F3N2O3/c9-8(10,11)7(1-2-7)4-3-5(13-16-4)15-6(12)14/h3H,1-2H2,(H2,12,14). The molecule has 0 bridgehead atoms. The Kier molecular flexibility index (Phi) is 2.11. The van der Waals surface area contributed by atoms with Crippen molar-refractivity contribution in [3.05, 3.63) is 11.8 Å². The lowest BCUT2D eigenvalue weighted by atomic mass is 10.0. The molecule has 0 aliphatic heterocycles. The van der Waals surface area contributed by atoms with Crippen LogP contribution in [-0.4, -0.2) is 17.4 Å². The maximum atomic E-state index is 12.6. The molecule has 1 aromatic rings. The smallest absolute Gasteiger partial charge is 0.388 e. The van der Waals surface area contributed by atoms with E-state index in [0.29, 0.717) is 0 Å². The molecule has 0 unspecified atom stereocenters. The number of carbonyl (C=O) groups is 1. The number of alkyl halides is 3. The average molecular weight is 236 g/mol. The number of nitrogens with zero attached hydrogens (tertiary/aromatic N) is 1. The van der Waals surface area contributed by atoms with E-state index in [-0.39, 0.29) is 24.5 Å². The zero-order chi connectivity index (χ0) is 12.0. The van der Waals surface area contributed by atoms with Gasteiger partial charge in [0.25, 0.3) is 5.88 Å². The van der Waals surface area contributed by atoms with Gasteiger partial charge in [-0.05, 0) is 18.0 Å². The van der Waals surface area contributed by atoms with Crippen molar-refractivity contribution in [2.45, 2.75) is 24.4 Å². The fraction of sp³-hybridized carbons (Fsp3) is 0.500. The molecule has 88 valence electrons. The Morgan fingerprint density at radius 3 is 2.62 bits per heavy atom. The normalized spacial score (nSPS) is 18.2. The summed E-state index contributed by atoms with van der Waals surface area (Å²) in [5, 5.41) is 3.18. The third-order valence-electron chi connectivity index (χ3n) is 2.46. The number of ether oxygens (including phenoxy) is 1. The summed E-state index contributed by atoms with van der Waals surface area (Å²) >= 11 is 0. The van der Waals surface area contributed by atoms with Crippen LogP contribution in [0.1, 0.15) is 18.6 Å². The van der Waals surface area contributed by atoms with E-state index in [4.69, 9.17) is 0 Å². The molecule has 2 N–H and O–H groups in total. The largest absolute Gasteiger partial charge is 0.411 e. The first-order valence-electron chi connectivity index (χ1n) is 4.36. The summed E-state index contributed by atoms with van der Waals surface area (Å²) in [4.78, 5) is 10.3. The predicted octanol–water partition coefficient (Wildman–Crippen LogP) is 1.73. The van der Waals surface area contributed by atoms with Crippen LogP contribution in [0, 0.1) is 0 Å². The molecule has 5 nitrogen and oxygen atoms in total. The molecule has 1 heterocycles. The minimum atomic E-state index is -4.39. The lowest BCUT2D eigenvalue weighted by molar-refractivity contribution is -0.165. The van der Waals surface area contributed by atoms with Gasteiger partial charge in [-0.15, -0.1) is 0 Å². The van der Waals surface area contributed by atoms with Crippen LogP contribution >= 0.6 is 0 Å². The highest BCUT2D eigenvalue weighted by Gasteiger charge is 2.67. The summed E-state index contributed by atoms with van der Waals surface area (Å²) in [6, 6.07) is 0.936. The van der Waals surface area contributed by atoms with Gasteiger partial charge in [0.05, 0.1) is 0 Å². The van der Waals surface area contributed by atoms with Crippen LogP contribution in [0.25, 0.3) is 0 Å². The van der Waals surface area contributed by atoms with Crippen LogP contribution in [0.2, 0.25) is 0 Å². The van der Waals surface area contributed by atoms with Crippen molar-refractivity contribution >= 4 is 6.09 Å². The Morgan fingerprint density at radius 2 is 2.19 bits per heavy atom. The second-order valence-electron chi connectivity index (χ2n) is 3.53. The molecule has 1 amide bonds. The molecule has 0 saturated heterocycles. The van der Waals surface area contributed by atoms with Crippen LogP contribution in [0.15, 0.2) is 10.6 Å². The summed E-state index contributed by atoms with van der Waals surface area (Å²) < 4.78 is 46.7. The van der Waals surface area contributed by atoms with Crippen molar-refractivity contribution in [2.24, 2.45) is 5.73 Å². The van der Waals surface area contributed by atoms with Gasteiger partial charge in [0.1, 0.15) is 5.41 Å². The van der Waals surface area contributed by atoms with Crippen molar-refractivity contribution in [2.75, 3.05) is 0 Å². The molecule has 0 radical (unpaired) electrons. The highest BCUT2D eigenvalue weighted by Crippen LogP contribution is 2.59. The Morgan fingerprint density at radius 1 is 1.56 bits per heavy atom. The second-order valence-corrected chi connectivity index (χ2v) is 3.53. The lowest BCUT2D eigenvalue weighted by Gasteiger charge is -2.14. The molecule has 2 rings (SSSR count). The van der Waals surface area contributed by atoms with Crippen molar-refractivity contribution in [1.29, 1.82) is 0 Å². The van der Waals surface area contributed by atoms with Crippen molar-refractivity contribution in [1.82, 2.24) is 5.16 Å². The average Bonchev–Trinajstić information content (AvgIpc) is 2.82. The first-order chi connectivity index (χ1) is 7.35. The number of amides is 1. The van der Waals surface area contributed by atoms with Crippen LogP contribution in [0.4, 0.5) is 18.0 Å². The molecule has 16 heavy (non-hydrogen) atoms. The summed E-state index contributed by atoms with van der Waals surface area (Å²) in [7, 11) is 0. The first-order valence-corrected chi connectivity index (χ1v) is 4.36. The Balaban J connectivity index is 2.23. The molecule has 1 aliphatic carbocycles. The van der Waals surface area contributed by atoms with E-state index in [1.54, 1.807) is 0 Å². The molecule has 1 aromatic heterocycles. The molecule has 1 saturated carbocycles. The van der Waals surface area contributed by atoms with Crippen molar-refractivity contribution < 1.29 is 27.2 Å². The van der Waals surface area contributed by atoms with E-state index in [9.17, 15) is 18.0 Å². The Hall–Kier alpha value is -1.73. The summed E-state index contributed by atoms with van der Waals surface area (Å²) in [5.41, 5.74) is 2.71. The molecule has 0 aromatic carbocycles. The van der Waals surface area contributed by atoms with Gasteiger partial charge in [-0.25, -0.2) is 4.79 Å². The van der Waals surface area contributed by atoms with Gasteiger partial charge in [-0.2, -0.15) is 13.2 Å². The van der Waals surface area contributed by atoms with Gasteiger partial charge < -0.3 is 15.0 Å². The Bertz CT molecular complexity index is 422. The molecule has 0 atom stereocenters. The third-order valence-corrected chi connectivity index (χ3v) is 2.46. The number of carbonyl (C=O) groups excluding carboxylic acids is 1. The van der Waals surface area contributed by atoms with Crippen molar-refractivity contribution in [3.8, 4) is 5.88 Å². The maximum absolute atomic E-state index is 12.6. The van der Waals surface area contributed by atoms with E-state index in [2.05, 4.69) is 20.2 Å². The fourth-order valence-electron chi connectivity index (χ4n) is 1.43. The van der Waals surface area contributed by atoms with Gasteiger partial charge in [0, 0.05) is 6.07 Å². The SMILES string of the molecule is NC(=O)Oc1cc(C2(C(F)(F)F)CC2)on1. The zero-order valence-electron chi connectivity index (χ0n) is 7.87. The van der Waals surface area contributed by atoms with E-state index in [1.807, 2.05) is 0 Å². The van der Waals surface area contributed by atoms with Crippen LogP contribution < -0.4 is 10.5 Å². The van der Waals surface area contributed by atoms with Crippen LogP contribution in [-0.2, 0) is 5.41 Å².